The molecule has 1 aromatic rings. The van der Waals surface area contributed by atoms with E-state index in [4.69, 9.17) is 0 Å². The molecule has 2 aliphatic rings. The van der Waals surface area contributed by atoms with Gasteiger partial charge in [0.1, 0.15) is 0 Å². The van der Waals surface area contributed by atoms with Gasteiger partial charge in [-0.15, -0.1) is 6.58 Å². The number of benzene rings is 1. The van der Waals surface area contributed by atoms with Crippen molar-refractivity contribution >= 4 is 15.7 Å². The van der Waals surface area contributed by atoms with Gasteiger partial charge >= 0.3 is 0 Å². The van der Waals surface area contributed by atoms with E-state index in [-0.39, 0.29) is 34.2 Å². The Morgan fingerprint density at radius 2 is 1.76 bits per heavy atom. The molecule has 0 bridgehead atoms. The van der Waals surface area contributed by atoms with Crippen LogP contribution in [0.4, 0.5) is 0 Å². The van der Waals surface area contributed by atoms with Gasteiger partial charge in [0, 0.05) is 29.8 Å². The van der Waals surface area contributed by atoms with Gasteiger partial charge in [-0.05, 0) is 18.4 Å². The normalized spacial score (nSPS) is 31.5. The Kier molecular flexibility index (Phi) is 4.56. The fourth-order valence-corrected chi connectivity index (χ4v) is 7.45. The maximum Gasteiger partial charge on any atom is 0.226 e. The smallest absolute Gasteiger partial charge is 0.226 e. The molecule has 136 valence electrons. The van der Waals surface area contributed by atoms with Gasteiger partial charge in [-0.3, -0.25) is 4.79 Å². The molecule has 1 unspecified atom stereocenters. The summed E-state index contributed by atoms with van der Waals surface area (Å²) in [5.41, 5.74) is 0.460. The summed E-state index contributed by atoms with van der Waals surface area (Å²) < 4.78 is 24.2. The van der Waals surface area contributed by atoms with Crippen molar-refractivity contribution in [1.82, 2.24) is 4.90 Å². The van der Waals surface area contributed by atoms with Crippen molar-refractivity contribution in [2.24, 2.45) is 16.7 Å². The molecule has 0 aromatic heterocycles. The molecule has 1 aromatic carbocycles. The largest absolute Gasteiger partial charge is 0.341 e. The van der Waals surface area contributed by atoms with Gasteiger partial charge < -0.3 is 4.90 Å². The van der Waals surface area contributed by atoms with Crippen LogP contribution in [0.3, 0.4) is 0 Å². The molecule has 0 radical (unpaired) electrons. The highest BCUT2D eigenvalue weighted by molar-refractivity contribution is 7.91. The van der Waals surface area contributed by atoms with Gasteiger partial charge in [-0.2, -0.15) is 0 Å². The first kappa shape index (κ1) is 18.2. The number of likely N-dealkylation sites (tertiary alicyclic amines) is 1. The minimum Gasteiger partial charge on any atom is -0.341 e. The van der Waals surface area contributed by atoms with Crippen molar-refractivity contribution in [3.8, 4) is 0 Å². The van der Waals surface area contributed by atoms with E-state index in [1.165, 1.54) is 0 Å². The van der Waals surface area contributed by atoms with Crippen LogP contribution in [-0.2, 0) is 21.1 Å². The Labute approximate surface area is 150 Å². The fourth-order valence-electron chi connectivity index (χ4n) is 4.53. The van der Waals surface area contributed by atoms with E-state index >= 15 is 0 Å². The zero-order valence-corrected chi connectivity index (χ0v) is 15.9. The van der Waals surface area contributed by atoms with Crippen LogP contribution in [0.2, 0.25) is 0 Å². The van der Waals surface area contributed by atoms with E-state index in [0.29, 0.717) is 25.9 Å². The lowest BCUT2D eigenvalue weighted by Gasteiger charge is -2.29. The third-order valence-electron chi connectivity index (χ3n) is 6.05. The number of carbonyl (C=O) groups excluding carboxylic acids is 1. The lowest BCUT2D eigenvalue weighted by atomic mass is 9.71. The standard InChI is InChI=1S/C20H27NO3S/c1-4-8-17(11-16-9-6-5-7-10-16)18(22)21-12-19(2)14-25(23,24)15-20(19,3)13-21/h4-7,9-10,17H,1,8,11-15H2,2-3H3/t17?,19-,20+. The van der Waals surface area contributed by atoms with E-state index in [2.05, 4.69) is 6.58 Å². The van der Waals surface area contributed by atoms with Crippen LogP contribution in [0.5, 0.6) is 0 Å². The Hall–Kier alpha value is -1.62. The number of allylic oxidation sites excluding steroid dienone is 1. The van der Waals surface area contributed by atoms with Gasteiger partial charge in [0.15, 0.2) is 9.84 Å². The van der Waals surface area contributed by atoms with Gasteiger partial charge in [0.2, 0.25) is 5.91 Å². The molecule has 2 heterocycles. The number of carbonyl (C=O) groups is 1. The Morgan fingerprint density at radius 3 is 2.28 bits per heavy atom. The van der Waals surface area contributed by atoms with Crippen LogP contribution < -0.4 is 0 Å². The van der Waals surface area contributed by atoms with E-state index in [1.54, 1.807) is 6.08 Å². The molecule has 2 saturated heterocycles. The summed E-state index contributed by atoms with van der Waals surface area (Å²) in [5.74, 6) is 0.358. The number of amides is 1. The van der Waals surface area contributed by atoms with Crippen molar-refractivity contribution < 1.29 is 13.2 Å². The Bertz CT molecular complexity index is 747. The third-order valence-corrected chi connectivity index (χ3v) is 8.20. The fraction of sp³-hybridized carbons (Fsp3) is 0.550. The molecule has 0 aliphatic carbocycles. The highest BCUT2D eigenvalue weighted by Crippen LogP contribution is 2.52. The number of rotatable bonds is 5. The van der Waals surface area contributed by atoms with E-state index in [9.17, 15) is 13.2 Å². The summed E-state index contributed by atoms with van der Waals surface area (Å²) in [4.78, 5) is 15.0. The van der Waals surface area contributed by atoms with Crippen LogP contribution >= 0.6 is 0 Å². The molecule has 0 spiro atoms. The van der Waals surface area contributed by atoms with Crippen LogP contribution in [0.15, 0.2) is 43.0 Å². The van der Waals surface area contributed by atoms with Crippen molar-refractivity contribution in [1.29, 1.82) is 0 Å². The van der Waals surface area contributed by atoms with E-state index in [0.717, 1.165) is 5.56 Å². The molecule has 2 aliphatic heterocycles. The molecular formula is C20H27NO3S. The summed E-state index contributed by atoms with van der Waals surface area (Å²) in [6.07, 6.45) is 3.13. The molecule has 2 fully saturated rings. The Morgan fingerprint density at radius 1 is 1.20 bits per heavy atom. The third kappa shape index (κ3) is 3.39. The predicted molar refractivity (Wildman–Crippen MR) is 99.9 cm³/mol. The van der Waals surface area contributed by atoms with Gasteiger partial charge in [-0.1, -0.05) is 50.3 Å². The summed E-state index contributed by atoms with van der Waals surface area (Å²) in [5, 5.41) is 0. The first-order valence-corrected chi connectivity index (χ1v) is 10.6. The minimum atomic E-state index is -3.00. The van der Waals surface area contributed by atoms with Crippen LogP contribution in [0, 0.1) is 16.7 Å². The topological polar surface area (TPSA) is 54.5 Å². The molecule has 3 atom stereocenters. The van der Waals surface area contributed by atoms with Crippen molar-refractivity contribution in [3.63, 3.8) is 0 Å². The minimum absolute atomic E-state index is 0.123. The molecule has 0 N–H and O–H groups in total. The predicted octanol–water partition coefficient (Wildman–Crippen LogP) is 2.70. The second kappa shape index (κ2) is 6.27. The first-order chi connectivity index (χ1) is 11.7. The second-order valence-electron chi connectivity index (χ2n) is 8.26. The Balaban J connectivity index is 1.77. The van der Waals surface area contributed by atoms with Crippen molar-refractivity contribution in [3.05, 3.63) is 48.6 Å². The number of nitrogens with zero attached hydrogens (tertiary/aromatic N) is 1. The SMILES string of the molecule is C=CCC(Cc1ccccc1)C(=O)N1C[C@@]2(C)CS(=O)(=O)C[C@@]2(C)C1. The summed E-state index contributed by atoms with van der Waals surface area (Å²) in [7, 11) is -3.00. The zero-order valence-electron chi connectivity index (χ0n) is 15.1. The van der Waals surface area contributed by atoms with Gasteiger partial charge in [0.25, 0.3) is 0 Å². The van der Waals surface area contributed by atoms with E-state index < -0.39 is 9.84 Å². The van der Waals surface area contributed by atoms with Crippen LogP contribution in [0.1, 0.15) is 25.8 Å². The lowest BCUT2D eigenvalue weighted by molar-refractivity contribution is -0.134. The summed E-state index contributed by atoms with van der Waals surface area (Å²) in [6.45, 7) is 8.90. The van der Waals surface area contributed by atoms with Crippen molar-refractivity contribution in [2.45, 2.75) is 26.7 Å². The lowest BCUT2D eigenvalue weighted by Crippen LogP contribution is -2.38. The number of hydrogen-bond donors (Lipinski definition) is 0. The average Bonchev–Trinajstić information content (AvgIpc) is 2.86. The molecular weight excluding hydrogens is 334 g/mol. The summed E-state index contributed by atoms with van der Waals surface area (Å²) in [6, 6.07) is 10.0. The summed E-state index contributed by atoms with van der Waals surface area (Å²) >= 11 is 0. The average molecular weight is 362 g/mol. The maximum atomic E-state index is 13.1. The molecule has 4 nitrogen and oxygen atoms in total. The number of sulfone groups is 1. The molecule has 25 heavy (non-hydrogen) atoms. The quantitative estimate of drug-likeness (QED) is 0.758. The van der Waals surface area contributed by atoms with Crippen LogP contribution in [0.25, 0.3) is 0 Å². The number of hydrogen-bond acceptors (Lipinski definition) is 3. The monoisotopic (exact) mass is 361 g/mol. The van der Waals surface area contributed by atoms with Gasteiger partial charge in [-0.25, -0.2) is 8.42 Å². The molecule has 1 amide bonds. The van der Waals surface area contributed by atoms with E-state index in [1.807, 2.05) is 49.1 Å². The maximum absolute atomic E-state index is 13.1. The molecule has 3 rings (SSSR count). The highest BCUT2D eigenvalue weighted by Gasteiger charge is 2.61. The zero-order chi connectivity index (χ0) is 18.3. The molecule has 0 saturated carbocycles. The van der Waals surface area contributed by atoms with Crippen LogP contribution in [-0.4, -0.2) is 43.8 Å². The van der Waals surface area contributed by atoms with Gasteiger partial charge in [0.05, 0.1) is 11.5 Å². The number of fused-ring (bicyclic) bond motifs is 1. The van der Waals surface area contributed by atoms with Crippen molar-refractivity contribution in [2.75, 3.05) is 24.6 Å². The molecule has 5 heteroatoms. The first-order valence-electron chi connectivity index (χ1n) is 8.82. The highest BCUT2D eigenvalue weighted by atomic mass is 32.2. The second-order valence-corrected chi connectivity index (χ2v) is 10.3.